The van der Waals surface area contributed by atoms with E-state index < -0.39 is 23.7 Å². The van der Waals surface area contributed by atoms with Gasteiger partial charge in [0.2, 0.25) is 0 Å². The number of ether oxygens (including phenoxy) is 1. The molecule has 2 fully saturated rings. The van der Waals surface area contributed by atoms with E-state index in [0.717, 1.165) is 19.0 Å². The van der Waals surface area contributed by atoms with Crippen LogP contribution in [0.25, 0.3) is 16.6 Å². The number of amides is 3. The van der Waals surface area contributed by atoms with Crippen LogP contribution in [-0.2, 0) is 11.4 Å². The molecule has 4 aromatic rings. The van der Waals surface area contributed by atoms with Gasteiger partial charge in [-0.3, -0.25) is 9.69 Å². The molecule has 1 aliphatic heterocycles. The largest absolute Gasteiger partial charge is 0.487 e. The zero-order chi connectivity index (χ0) is 28.3. The van der Waals surface area contributed by atoms with E-state index in [-0.39, 0.29) is 29.6 Å². The number of imide groups is 1. The van der Waals surface area contributed by atoms with Gasteiger partial charge in [0, 0.05) is 22.7 Å². The minimum atomic E-state index is -0.685. The molecule has 1 aliphatic carbocycles. The lowest BCUT2D eigenvalue weighted by molar-refractivity contribution is -0.128. The molecule has 206 valence electrons. The second-order valence-corrected chi connectivity index (χ2v) is 10.7. The maximum Gasteiger partial charge on any atom is 0.328 e. The zero-order valence-corrected chi connectivity index (χ0v) is 22.8. The number of halogens is 3. The van der Waals surface area contributed by atoms with Gasteiger partial charge >= 0.3 is 6.03 Å². The first-order valence-corrected chi connectivity index (χ1v) is 13.4. The van der Waals surface area contributed by atoms with Gasteiger partial charge in [-0.15, -0.1) is 0 Å². The Kier molecular flexibility index (Phi) is 6.45. The summed E-state index contributed by atoms with van der Waals surface area (Å²) in [4.78, 5) is 33.6. The number of aromatic nitrogens is 3. The summed E-state index contributed by atoms with van der Waals surface area (Å²) < 4.78 is 36.0. The lowest BCUT2D eigenvalue weighted by Crippen LogP contribution is -2.37. The molecule has 1 saturated carbocycles. The summed E-state index contributed by atoms with van der Waals surface area (Å²) >= 11 is 6.53. The highest BCUT2D eigenvalue weighted by molar-refractivity contribution is 6.31. The Morgan fingerprint density at radius 3 is 2.62 bits per heavy atom. The van der Waals surface area contributed by atoms with Crippen LogP contribution in [0.3, 0.4) is 0 Å². The van der Waals surface area contributed by atoms with E-state index in [9.17, 15) is 18.4 Å². The number of carbonyl (C=O) groups is 2. The summed E-state index contributed by atoms with van der Waals surface area (Å²) in [6.07, 6.45) is 4.01. The molecule has 8 nitrogen and oxygen atoms in total. The van der Waals surface area contributed by atoms with Crippen LogP contribution in [0.2, 0.25) is 5.02 Å². The average Bonchev–Trinajstić information content (AvgIpc) is 3.60. The quantitative estimate of drug-likeness (QED) is 0.252. The van der Waals surface area contributed by atoms with Gasteiger partial charge in [-0.05, 0) is 63.4 Å². The van der Waals surface area contributed by atoms with Crippen LogP contribution in [0.15, 0.2) is 48.8 Å². The lowest BCUT2D eigenvalue weighted by atomic mass is 9.99. The van der Waals surface area contributed by atoms with Gasteiger partial charge in [0.1, 0.15) is 29.7 Å². The van der Waals surface area contributed by atoms with E-state index in [1.165, 1.54) is 32.8 Å². The van der Waals surface area contributed by atoms with Crippen LogP contribution in [0.5, 0.6) is 5.75 Å². The van der Waals surface area contributed by atoms with Crippen molar-refractivity contribution >= 4 is 34.4 Å². The van der Waals surface area contributed by atoms with E-state index in [1.807, 2.05) is 13.0 Å². The summed E-state index contributed by atoms with van der Waals surface area (Å²) in [6, 6.07) is 7.93. The topological polar surface area (TPSA) is 80.6 Å². The number of urea groups is 1. The van der Waals surface area contributed by atoms with E-state index >= 15 is 0 Å². The molecule has 2 aliphatic rings. The first-order valence-electron chi connectivity index (χ1n) is 13.0. The van der Waals surface area contributed by atoms with Crippen molar-refractivity contribution in [3.8, 4) is 11.4 Å². The first kappa shape index (κ1) is 26.2. The molecule has 2 atom stereocenters. The van der Waals surface area contributed by atoms with Gasteiger partial charge in [-0.25, -0.2) is 23.2 Å². The molecule has 2 aromatic carbocycles. The van der Waals surface area contributed by atoms with Crippen molar-refractivity contribution in [2.45, 2.75) is 58.3 Å². The molecule has 0 N–H and O–H groups in total. The second kappa shape index (κ2) is 9.85. The fraction of sp³-hybridized carbons (Fsp3) is 0.310. The molecule has 11 heteroatoms. The number of rotatable bonds is 7. The maximum absolute atomic E-state index is 14.6. The number of pyridine rings is 1. The molecule has 3 heterocycles. The molecule has 2 aromatic heterocycles. The van der Waals surface area contributed by atoms with Gasteiger partial charge in [0.25, 0.3) is 5.91 Å². The highest BCUT2D eigenvalue weighted by Crippen LogP contribution is 2.39. The molecule has 40 heavy (non-hydrogen) atoms. The van der Waals surface area contributed by atoms with E-state index in [4.69, 9.17) is 16.3 Å². The van der Waals surface area contributed by atoms with Crippen LogP contribution in [0.4, 0.5) is 13.6 Å². The highest BCUT2D eigenvalue weighted by atomic mass is 35.5. The van der Waals surface area contributed by atoms with Crippen molar-refractivity contribution in [1.82, 2.24) is 24.6 Å². The van der Waals surface area contributed by atoms with Crippen LogP contribution in [-0.4, -0.2) is 48.6 Å². The third-order valence-corrected chi connectivity index (χ3v) is 7.83. The normalized spacial score (nSPS) is 18.2. The fourth-order valence-electron chi connectivity index (χ4n) is 5.39. The van der Waals surface area contributed by atoms with Crippen LogP contribution < -0.4 is 4.74 Å². The number of benzene rings is 2. The van der Waals surface area contributed by atoms with Crippen LogP contribution in [0, 0.1) is 18.6 Å². The molecule has 0 radical (unpaired) electrons. The predicted molar refractivity (Wildman–Crippen MR) is 144 cm³/mol. The highest BCUT2D eigenvalue weighted by Gasteiger charge is 2.50. The van der Waals surface area contributed by atoms with Crippen molar-refractivity contribution in [3.63, 3.8) is 0 Å². The lowest BCUT2D eigenvalue weighted by Gasteiger charge is -2.29. The Balaban J connectivity index is 1.35. The Labute approximate surface area is 234 Å². The first-order chi connectivity index (χ1) is 19.1. The van der Waals surface area contributed by atoms with Crippen LogP contribution in [0.1, 0.15) is 49.6 Å². The number of fused-ring (bicyclic) bond motifs is 1. The summed E-state index contributed by atoms with van der Waals surface area (Å²) in [6.45, 7) is 5.21. The van der Waals surface area contributed by atoms with Crippen molar-refractivity contribution in [2.24, 2.45) is 0 Å². The molecule has 3 amide bonds. The average molecular weight is 566 g/mol. The Hall–Kier alpha value is -4.05. The Bertz CT molecular complexity index is 1670. The molecule has 0 spiro atoms. The molecule has 6 rings (SSSR count). The SMILES string of the molecule is Cc1cc(-n2cc(F)cn2)c2cccc(OCc3c(Cl)cc(F)cc3[C@H](C)N3C(=O)N(C4CC4)C(=O)C3C)c2n1. The van der Waals surface area contributed by atoms with Gasteiger partial charge < -0.3 is 9.64 Å². The number of nitrogens with zero attached hydrogens (tertiary/aromatic N) is 5. The maximum atomic E-state index is 14.6. The number of aryl methyl sites for hydroxylation is 1. The predicted octanol–water partition coefficient (Wildman–Crippen LogP) is 6.12. The molecule has 1 unspecified atom stereocenters. The minimum Gasteiger partial charge on any atom is -0.487 e. The van der Waals surface area contributed by atoms with E-state index in [0.29, 0.717) is 39.2 Å². The number of hydrogen-bond donors (Lipinski definition) is 0. The molecule has 1 saturated heterocycles. The van der Waals surface area contributed by atoms with Crippen molar-refractivity contribution in [2.75, 3.05) is 0 Å². The molecular weight excluding hydrogens is 540 g/mol. The minimum absolute atomic E-state index is 0.0457. The summed E-state index contributed by atoms with van der Waals surface area (Å²) in [5.74, 6) is -0.825. The zero-order valence-electron chi connectivity index (χ0n) is 22.1. The van der Waals surface area contributed by atoms with Gasteiger partial charge in [-0.2, -0.15) is 5.10 Å². The van der Waals surface area contributed by atoms with Crippen molar-refractivity contribution < 1.29 is 23.1 Å². The monoisotopic (exact) mass is 565 g/mol. The van der Waals surface area contributed by atoms with Crippen molar-refractivity contribution in [1.29, 1.82) is 0 Å². The van der Waals surface area contributed by atoms with Gasteiger partial charge in [0.05, 0.1) is 29.1 Å². The van der Waals surface area contributed by atoms with Gasteiger partial charge in [0.15, 0.2) is 5.82 Å². The van der Waals surface area contributed by atoms with Gasteiger partial charge in [-0.1, -0.05) is 23.7 Å². The summed E-state index contributed by atoms with van der Waals surface area (Å²) in [5, 5.41) is 4.92. The summed E-state index contributed by atoms with van der Waals surface area (Å²) in [7, 11) is 0. The van der Waals surface area contributed by atoms with E-state index in [1.54, 1.807) is 32.0 Å². The number of para-hydroxylation sites is 1. The molecule has 0 bridgehead atoms. The third-order valence-electron chi connectivity index (χ3n) is 7.49. The van der Waals surface area contributed by atoms with Crippen molar-refractivity contribution in [3.05, 3.63) is 82.3 Å². The number of carbonyl (C=O) groups excluding carboxylic acids is 2. The van der Waals surface area contributed by atoms with E-state index in [2.05, 4.69) is 10.1 Å². The second-order valence-electron chi connectivity index (χ2n) is 10.3. The summed E-state index contributed by atoms with van der Waals surface area (Å²) in [5.41, 5.74) is 2.79. The van der Waals surface area contributed by atoms with Crippen LogP contribution >= 0.6 is 11.6 Å². The smallest absolute Gasteiger partial charge is 0.328 e. The Morgan fingerprint density at radius 2 is 1.93 bits per heavy atom. The molecular formula is C29H26ClF2N5O3. The fourth-order valence-corrected chi connectivity index (χ4v) is 5.66. The third kappa shape index (κ3) is 4.46. The number of hydrogen-bond acceptors (Lipinski definition) is 5. The standard InChI is InChI=1S/C29H26ClF2N5O3/c1-15-9-25(35-13-19(32)12-33-35)21-5-4-6-26(27(21)34-15)40-14-23-22(10-18(31)11-24(23)30)16(2)36-17(3)28(38)37(29(36)39)20-7-8-20/h4-6,9-13,16-17,20H,7-8,14H2,1-3H3/t16-,17?/m0/s1. The Morgan fingerprint density at radius 1 is 1.15 bits per heavy atom.